The zero-order valence-corrected chi connectivity index (χ0v) is 14.5. The van der Waals surface area contributed by atoms with Crippen molar-refractivity contribution in [1.29, 1.82) is 0 Å². The summed E-state index contributed by atoms with van der Waals surface area (Å²) in [6.45, 7) is -0.245. The maximum atomic E-state index is 12.1. The van der Waals surface area contributed by atoms with Crippen molar-refractivity contribution in [2.75, 3.05) is 0 Å². The number of hydrogen-bond donors (Lipinski definition) is 0. The van der Waals surface area contributed by atoms with Crippen LogP contribution in [0, 0.1) is 10.1 Å². The number of aromatic nitrogens is 1. The number of rotatable bonds is 5. The molecule has 0 atom stereocenters. The van der Waals surface area contributed by atoms with E-state index >= 15 is 0 Å². The van der Waals surface area contributed by atoms with E-state index in [1.165, 1.54) is 18.3 Å². The maximum absolute atomic E-state index is 12.1. The Hall–Kier alpha value is -2.90. The van der Waals surface area contributed by atoms with Crippen LogP contribution in [0.4, 0.5) is 5.69 Å². The smallest absolute Gasteiger partial charge is 0.340 e. The average molecular weight is 393 g/mol. The van der Waals surface area contributed by atoms with Crippen LogP contribution in [0.3, 0.4) is 0 Å². The summed E-state index contributed by atoms with van der Waals surface area (Å²) >= 11 is 11.7. The molecule has 2 aromatic carbocycles. The summed E-state index contributed by atoms with van der Waals surface area (Å²) in [5.74, 6) is -0.157. The molecule has 0 saturated heterocycles. The van der Waals surface area contributed by atoms with Gasteiger partial charge in [-0.1, -0.05) is 23.2 Å². The fourth-order valence-electron chi connectivity index (χ4n) is 2.11. The molecule has 1 heterocycles. The Balaban J connectivity index is 1.70. The van der Waals surface area contributed by atoms with Crippen LogP contribution in [0.25, 0.3) is 11.3 Å². The molecule has 26 heavy (non-hydrogen) atoms. The quantitative estimate of drug-likeness (QED) is 0.347. The van der Waals surface area contributed by atoms with Gasteiger partial charge in [0.15, 0.2) is 12.4 Å². The Morgan fingerprint density at radius 3 is 2.62 bits per heavy atom. The SMILES string of the molecule is O=C(OCc1ncc(-c2ccc(Cl)cc2)o1)c1cc([N+](=O)[O-])ccc1Cl. The average Bonchev–Trinajstić information content (AvgIpc) is 3.09. The number of hydrogen-bond acceptors (Lipinski definition) is 6. The van der Waals surface area contributed by atoms with Crippen molar-refractivity contribution in [3.05, 3.63) is 80.3 Å². The molecule has 0 bridgehead atoms. The highest BCUT2D eigenvalue weighted by atomic mass is 35.5. The first-order valence-electron chi connectivity index (χ1n) is 7.26. The zero-order valence-electron chi connectivity index (χ0n) is 13.0. The molecule has 0 radical (unpaired) electrons. The predicted molar refractivity (Wildman–Crippen MR) is 94.2 cm³/mol. The second kappa shape index (κ2) is 7.55. The van der Waals surface area contributed by atoms with Gasteiger partial charge < -0.3 is 9.15 Å². The van der Waals surface area contributed by atoms with Gasteiger partial charge in [0.05, 0.1) is 21.7 Å². The summed E-state index contributed by atoms with van der Waals surface area (Å²) in [5, 5.41) is 11.4. The summed E-state index contributed by atoms with van der Waals surface area (Å²) < 4.78 is 10.6. The van der Waals surface area contributed by atoms with Crippen molar-refractivity contribution in [3.63, 3.8) is 0 Å². The number of non-ortho nitro benzene ring substituents is 1. The molecule has 0 aliphatic rings. The highest BCUT2D eigenvalue weighted by molar-refractivity contribution is 6.33. The molecule has 0 aliphatic heterocycles. The number of nitro groups is 1. The second-order valence-corrected chi connectivity index (χ2v) is 5.97. The predicted octanol–water partition coefficient (Wildman–Crippen LogP) is 4.91. The lowest BCUT2D eigenvalue weighted by Gasteiger charge is -2.04. The van der Waals surface area contributed by atoms with Gasteiger partial charge in [-0.2, -0.15) is 0 Å². The summed E-state index contributed by atoms with van der Waals surface area (Å²) in [6.07, 6.45) is 1.49. The van der Waals surface area contributed by atoms with Crippen LogP contribution in [0.1, 0.15) is 16.2 Å². The first-order valence-corrected chi connectivity index (χ1v) is 8.01. The van der Waals surface area contributed by atoms with E-state index in [2.05, 4.69) is 4.98 Å². The number of halogens is 2. The summed E-state index contributed by atoms with van der Waals surface area (Å²) in [6, 6.07) is 10.5. The van der Waals surface area contributed by atoms with Gasteiger partial charge in [-0.3, -0.25) is 10.1 Å². The monoisotopic (exact) mass is 392 g/mol. The Morgan fingerprint density at radius 2 is 1.92 bits per heavy atom. The van der Waals surface area contributed by atoms with Crippen molar-refractivity contribution < 1.29 is 18.9 Å². The number of esters is 1. The maximum Gasteiger partial charge on any atom is 0.340 e. The number of benzene rings is 2. The minimum Gasteiger partial charge on any atom is -0.452 e. The molecular formula is C17H10Cl2N2O5. The normalized spacial score (nSPS) is 10.5. The standard InChI is InChI=1S/C17H10Cl2N2O5/c18-11-3-1-10(2-4-11)15-8-20-16(26-15)9-25-17(22)13-7-12(21(23)24)5-6-14(13)19/h1-8H,9H2. The van der Waals surface area contributed by atoms with Crippen LogP contribution in [-0.4, -0.2) is 15.9 Å². The van der Waals surface area contributed by atoms with E-state index in [4.69, 9.17) is 32.4 Å². The highest BCUT2D eigenvalue weighted by Gasteiger charge is 2.18. The Labute approximate surface area is 157 Å². The van der Waals surface area contributed by atoms with Gasteiger partial charge >= 0.3 is 5.97 Å². The number of oxazole rings is 1. The first kappa shape index (κ1) is 17.9. The highest BCUT2D eigenvalue weighted by Crippen LogP contribution is 2.25. The molecule has 3 rings (SSSR count). The van der Waals surface area contributed by atoms with Gasteiger partial charge in [0.25, 0.3) is 5.69 Å². The van der Waals surface area contributed by atoms with Crippen molar-refractivity contribution in [1.82, 2.24) is 4.98 Å². The lowest BCUT2D eigenvalue weighted by molar-refractivity contribution is -0.384. The molecule has 0 N–H and O–H groups in total. The molecule has 0 spiro atoms. The fraction of sp³-hybridized carbons (Fsp3) is 0.0588. The molecule has 3 aromatic rings. The molecule has 0 amide bonds. The molecular weight excluding hydrogens is 383 g/mol. The van der Waals surface area contributed by atoms with Gasteiger partial charge in [-0.05, 0) is 30.3 Å². The van der Waals surface area contributed by atoms with E-state index in [0.717, 1.165) is 11.6 Å². The molecule has 9 heteroatoms. The van der Waals surface area contributed by atoms with Gasteiger partial charge in [0.1, 0.15) is 0 Å². The molecule has 0 saturated carbocycles. The van der Waals surface area contributed by atoms with Gasteiger partial charge in [-0.25, -0.2) is 9.78 Å². The van der Waals surface area contributed by atoms with E-state index in [-0.39, 0.29) is 28.8 Å². The van der Waals surface area contributed by atoms with Crippen molar-refractivity contribution in [3.8, 4) is 11.3 Å². The third kappa shape index (κ3) is 4.01. The largest absolute Gasteiger partial charge is 0.452 e. The number of carbonyl (C=O) groups excluding carboxylic acids is 1. The first-order chi connectivity index (χ1) is 12.4. The molecule has 0 aliphatic carbocycles. The van der Waals surface area contributed by atoms with Crippen LogP contribution < -0.4 is 0 Å². The molecule has 7 nitrogen and oxygen atoms in total. The van der Waals surface area contributed by atoms with Crippen molar-refractivity contribution >= 4 is 34.9 Å². The van der Waals surface area contributed by atoms with Crippen molar-refractivity contribution in [2.24, 2.45) is 0 Å². The van der Waals surface area contributed by atoms with E-state index < -0.39 is 10.9 Å². The van der Waals surface area contributed by atoms with Crippen molar-refractivity contribution in [2.45, 2.75) is 6.61 Å². The molecule has 132 valence electrons. The third-order valence-corrected chi connectivity index (χ3v) is 3.97. The van der Waals surface area contributed by atoms with E-state index in [1.807, 2.05) is 0 Å². The van der Waals surface area contributed by atoms with E-state index in [0.29, 0.717) is 10.8 Å². The summed E-state index contributed by atoms with van der Waals surface area (Å²) in [7, 11) is 0. The van der Waals surface area contributed by atoms with Crippen LogP contribution >= 0.6 is 23.2 Å². The second-order valence-electron chi connectivity index (χ2n) is 5.12. The summed E-state index contributed by atoms with van der Waals surface area (Å²) in [5.41, 5.74) is 0.397. The Morgan fingerprint density at radius 1 is 1.19 bits per heavy atom. The van der Waals surface area contributed by atoms with Crippen LogP contribution in [0.2, 0.25) is 10.0 Å². The Bertz CT molecular complexity index is 970. The van der Waals surface area contributed by atoms with Gasteiger partial charge in [-0.15, -0.1) is 0 Å². The van der Waals surface area contributed by atoms with Gasteiger partial charge in [0, 0.05) is 22.7 Å². The lowest BCUT2D eigenvalue weighted by Crippen LogP contribution is -2.06. The number of carbonyl (C=O) groups is 1. The van der Waals surface area contributed by atoms with E-state index in [9.17, 15) is 14.9 Å². The summed E-state index contributed by atoms with van der Waals surface area (Å²) in [4.78, 5) is 26.3. The minimum atomic E-state index is -0.815. The van der Waals surface area contributed by atoms with E-state index in [1.54, 1.807) is 24.3 Å². The topological polar surface area (TPSA) is 95.5 Å². The molecule has 0 unspecified atom stereocenters. The fourth-order valence-corrected chi connectivity index (χ4v) is 2.43. The lowest BCUT2D eigenvalue weighted by atomic mass is 10.2. The minimum absolute atomic E-state index is 0.0508. The zero-order chi connectivity index (χ0) is 18.7. The molecule has 1 aromatic heterocycles. The number of ether oxygens (including phenoxy) is 1. The van der Waals surface area contributed by atoms with Crippen LogP contribution in [0.5, 0.6) is 0 Å². The third-order valence-electron chi connectivity index (χ3n) is 3.39. The number of nitro benzene ring substituents is 1. The van der Waals surface area contributed by atoms with Crippen LogP contribution in [-0.2, 0) is 11.3 Å². The Kier molecular flexibility index (Phi) is 5.20. The van der Waals surface area contributed by atoms with Crippen LogP contribution in [0.15, 0.2) is 53.1 Å². The van der Waals surface area contributed by atoms with Gasteiger partial charge in [0.2, 0.25) is 5.89 Å². The molecule has 0 fully saturated rings. The number of nitrogens with zero attached hydrogens (tertiary/aromatic N) is 2.